The van der Waals surface area contributed by atoms with Gasteiger partial charge in [0.1, 0.15) is 5.75 Å². The van der Waals surface area contributed by atoms with Gasteiger partial charge in [0.2, 0.25) is 0 Å². The van der Waals surface area contributed by atoms with E-state index in [1.807, 2.05) is 0 Å². The van der Waals surface area contributed by atoms with E-state index in [0.29, 0.717) is 29.8 Å². The molecule has 0 aliphatic carbocycles. The SMILES string of the molecule is COC(=O)c1ccc(OC)c([C@H](O)CCN)c1. The maximum Gasteiger partial charge on any atom is 0.337 e. The molecule has 0 unspecified atom stereocenters. The van der Waals surface area contributed by atoms with Crippen LogP contribution >= 0.6 is 0 Å². The zero-order valence-corrected chi connectivity index (χ0v) is 9.97. The number of methoxy groups -OCH3 is 2. The molecule has 1 aromatic rings. The van der Waals surface area contributed by atoms with E-state index in [1.54, 1.807) is 18.2 Å². The van der Waals surface area contributed by atoms with Gasteiger partial charge in [-0.05, 0) is 31.2 Å². The van der Waals surface area contributed by atoms with Gasteiger partial charge in [-0.3, -0.25) is 0 Å². The second-order valence-corrected chi connectivity index (χ2v) is 3.54. The van der Waals surface area contributed by atoms with Crippen molar-refractivity contribution in [2.75, 3.05) is 20.8 Å². The van der Waals surface area contributed by atoms with Crippen LogP contribution < -0.4 is 10.5 Å². The van der Waals surface area contributed by atoms with Gasteiger partial charge in [0.25, 0.3) is 0 Å². The maximum atomic E-state index is 11.4. The Kier molecular flexibility index (Phi) is 4.93. The molecule has 5 nitrogen and oxygen atoms in total. The number of rotatable bonds is 5. The summed E-state index contributed by atoms with van der Waals surface area (Å²) in [5.74, 6) is 0.0763. The van der Waals surface area contributed by atoms with Gasteiger partial charge < -0.3 is 20.3 Å². The fourth-order valence-electron chi connectivity index (χ4n) is 1.55. The van der Waals surface area contributed by atoms with E-state index in [2.05, 4.69) is 4.74 Å². The Bertz CT molecular complexity index is 392. The smallest absolute Gasteiger partial charge is 0.337 e. The first kappa shape index (κ1) is 13.5. The fraction of sp³-hybridized carbons (Fsp3) is 0.417. The highest BCUT2D eigenvalue weighted by molar-refractivity contribution is 5.89. The molecule has 5 heteroatoms. The molecular weight excluding hydrogens is 222 g/mol. The molecule has 0 radical (unpaired) electrons. The standard InChI is InChI=1S/C12H17NO4/c1-16-11-4-3-8(12(15)17-2)7-9(11)10(14)5-6-13/h3-4,7,10,14H,5-6,13H2,1-2H3/t10-/m1/s1. The van der Waals surface area contributed by atoms with Crippen molar-refractivity contribution in [1.29, 1.82) is 0 Å². The predicted molar refractivity (Wildman–Crippen MR) is 63.0 cm³/mol. The Hall–Kier alpha value is -1.59. The van der Waals surface area contributed by atoms with Crippen LogP contribution in [-0.4, -0.2) is 31.8 Å². The van der Waals surface area contributed by atoms with E-state index in [0.717, 1.165) is 0 Å². The molecule has 0 aromatic heterocycles. The third-order valence-corrected chi connectivity index (χ3v) is 2.45. The number of hydrogen-bond donors (Lipinski definition) is 2. The first-order valence-electron chi connectivity index (χ1n) is 5.28. The predicted octanol–water partition coefficient (Wildman–Crippen LogP) is 0.864. The lowest BCUT2D eigenvalue weighted by Crippen LogP contribution is -2.09. The van der Waals surface area contributed by atoms with Crippen LogP contribution in [0.5, 0.6) is 5.75 Å². The number of nitrogens with two attached hydrogens (primary N) is 1. The van der Waals surface area contributed by atoms with Gasteiger partial charge in [0.05, 0.1) is 25.9 Å². The van der Waals surface area contributed by atoms with Gasteiger partial charge in [0.15, 0.2) is 0 Å². The topological polar surface area (TPSA) is 81.8 Å². The average molecular weight is 239 g/mol. The average Bonchev–Trinajstić information content (AvgIpc) is 2.37. The second kappa shape index (κ2) is 6.22. The summed E-state index contributed by atoms with van der Waals surface area (Å²) in [6.45, 7) is 0.354. The van der Waals surface area contributed by atoms with Crippen LogP contribution in [-0.2, 0) is 4.74 Å². The molecule has 17 heavy (non-hydrogen) atoms. The van der Waals surface area contributed by atoms with E-state index in [1.165, 1.54) is 14.2 Å². The van der Waals surface area contributed by atoms with E-state index < -0.39 is 12.1 Å². The maximum absolute atomic E-state index is 11.4. The Morgan fingerprint density at radius 2 is 2.18 bits per heavy atom. The van der Waals surface area contributed by atoms with Crippen LogP contribution in [0.4, 0.5) is 0 Å². The van der Waals surface area contributed by atoms with E-state index >= 15 is 0 Å². The lowest BCUT2D eigenvalue weighted by atomic mass is 10.0. The molecule has 3 N–H and O–H groups in total. The van der Waals surface area contributed by atoms with Gasteiger partial charge in [-0.2, -0.15) is 0 Å². The fourth-order valence-corrected chi connectivity index (χ4v) is 1.55. The van der Waals surface area contributed by atoms with Crippen molar-refractivity contribution in [3.63, 3.8) is 0 Å². The molecule has 0 aliphatic rings. The van der Waals surface area contributed by atoms with Crippen LogP contribution in [0, 0.1) is 0 Å². The lowest BCUT2D eigenvalue weighted by molar-refractivity contribution is 0.0600. The summed E-state index contributed by atoms with van der Waals surface area (Å²) in [4.78, 5) is 11.4. The summed E-state index contributed by atoms with van der Waals surface area (Å²) in [6, 6.07) is 4.77. The molecular formula is C12H17NO4. The number of carbonyl (C=O) groups excluding carboxylic acids is 1. The molecule has 0 bridgehead atoms. The molecule has 1 atom stereocenters. The molecule has 0 fully saturated rings. The van der Waals surface area contributed by atoms with Crippen LogP contribution in [0.15, 0.2) is 18.2 Å². The van der Waals surface area contributed by atoms with Crippen LogP contribution in [0.3, 0.4) is 0 Å². The number of hydrogen-bond acceptors (Lipinski definition) is 5. The van der Waals surface area contributed by atoms with E-state index in [4.69, 9.17) is 10.5 Å². The van der Waals surface area contributed by atoms with Crippen molar-refractivity contribution >= 4 is 5.97 Å². The Morgan fingerprint density at radius 3 is 2.71 bits per heavy atom. The molecule has 94 valence electrons. The van der Waals surface area contributed by atoms with E-state index in [-0.39, 0.29) is 0 Å². The van der Waals surface area contributed by atoms with Gasteiger partial charge in [0, 0.05) is 5.56 Å². The van der Waals surface area contributed by atoms with Gasteiger partial charge in [-0.25, -0.2) is 4.79 Å². The molecule has 1 rings (SSSR count). The molecule has 0 saturated heterocycles. The molecule has 0 aliphatic heterocycles. The molecule has 0 amide bonds. The molecule has 1 aromatic carbocycles. The van der Waals surface area contributed by atoms with Crippen molar-refractivity contribution in [3.05, 3.63) is 29.3 Å². The minimum Gasteiger partial charge on any atom is -0.496 e. The van der Waals surface area contributed by atoms with Crippen LogP contribution in [0.25, 0.3) is 0 Å². The highest BCUT2D eigenvalue weighted by atomic mass is 16.5. The van der Waals surface area contributed by atoms with Crippen molar-refractivity contribution in [1.82, 2.24) is 0 Å². The normalized spacial score (nSPS) is 12.0. The highest BCUT2D eigenvalue weighted by Crippen LogP contribution is 2.28. The first-order chi connectivity index (χ1) is 8.13. The first-order valence-corrected chi connectivity index (χ1v) is 5.28. The van der Waals surface area contributed by atoms with Gasteiger partial charge in [-0.1, -0.05) is 0 Å². The number of esters is 1. The summed E-state index contributed by atoms with van der Waals surface area (Å²) in [7, 11) is 2.81. The monoisotopic (exact) mass is 239 g/mol. The summed E-state index contributed by atoms with van der Waals surface area (Å²) < 4.78 is 9.75. The van der Waals surface area contributed by atoms with Crippen LogP contribution in [0.1, 0.15) is 28.4 Å². The molecule has 0 spiro atoms. The van der Waals surface area contributed by atoms with Crippen molar-refractivity contribution in [2.45, 2.75) is 12.5 Å². The number of benzene rings is 1. The lowest BCUT2D eigenvalue weighted by Gasteiger charge is -2.15. The van der Waals surface area contributed by atoms with Crippen molar-refractivity contribution in [2.24, 2.45) is 5.73 Å². The number of ether oxygens (including phenoxy) is 2. The highest BCUT2D eigenvalue weighted by Gasteiger charge is 2.16. The zero-order chi connectivity index (χ0) is 12.8. The Labute approximate surface area is 100 Å². The Morgan fingerprint density at radius 1 is 1.47 bits per heavy atom. The minimum atomic E-state index is -0.750. The van der Waals surface area contributed by atoms with Crippen LogP contribution in [0.2, 0.25) is 0 Å². The third-order valence-electron chi connectivity index (χ3n) is 2.45. The number of aliphatic hydroxyl groups excluding tert-OH is 1. The summed E-state index contributed by atoms with van der Waals surface area (Å²) >= 11 is 0. The summed E-state index contributed by atoms with van der Waals surface area (Å²) in [5, 5.41) is 9.90. The van der Waals surface area contributed by atoms with Crippen molar-refractivity contribution in [3.8, 4) is 5.75 Å². The largest absolute Gasteiger partial charge is 0.496 e. The third kappa shape index (κ3) is 3.18. The molecule has 0 saturated carbocycles. The number of aliphatic hydroxyl groups is 1. The minimum absolute atomic E-state index is 0.354. The summed E-state index contributed by atoms with van der Waals surface area (Å²) in [5.41, 5.74) is 6.31. The van der Waals surface area contributed by atoms with Gasteiger partial charge in [-0.15, -0.1) is 0 Å². The summed E-state index contributed by atoms with van der Waals surface area (Å²) in [6.07, 6.45) is -0.347. The molecule has 0 heterocycles. The van der Waals surface area contributed by atoms with Gasteiger partial charge >= 0.3 is 5.97 Å². The van der Waals surface area contributed by atoms with Crippen molar-refractivity contribution < 1.29 is 19.4 Å². The quantitative estimate of drug-likeness (QED) is 0.745. The zero-order valence-electron chi connectivity index (χ0n) is 9.97. The van der Waals surface area contributed by atoms with E-state index in [9.17, 15) is 9.90 Å². The Balaban J connectivity index is 3.10. The number of carbonyl (C=O) groups is 1. The second-order valence-electron chi connectivity index (χ2n) is 3.54.